The molecule has 0 heteroatoms. The van der Waals surface area contributed by atoms with E-state index in [1.54, 1.807) is 0 Å². The third-order valence-corrected chi connectivity index (χ3v) is 15.2. The molecule has 0 atom stereocenters. The molecule has 11 aromatic rings. The molecule has 3 aliphatic rings. The van der Waals surface area contributed by atoms with Gasteiger partial charge in [-0.3, -0.25) is 0 Å². The van der Waals surface area contributed by atoms with Crippen molar-refractivity contribution in [2.24, 2.45) is 0 Å². The van der Waals surface area contributed by atoms with E-state index in [0.717, 1.165) is 0 Å². The van der Waals surface area contributed by atoms with Gasteiger partial charge in [-0.05, 0) is 145 Å². The first-order valence-corrected chi connectivity index (χ1v) is 22.7. The Morgan fingerprint density at radius 3 is 1.31 bits per heavy atom. The summed E-state index contributed by atoms with van der Waals surface area (Å²) in [6, 6.07) is 82.7. The van der Waals surface area contributed by atoms with E-state index in [4.69, 9.17) is 0 Å². The topological polar surface area (TPSA) is 0 Å². The summed E-state index contributed by atoms with van der Waals surface area (Å²) in [5.41, 5.74) is 23.3. The molecule has 0 bridgehead atoms. The number of rotatable bonds is 3. The fraction of sp³-hybridized carbons (Fsp3) is 0.0625. The minimum atomic E-state index is -0.401. The Labute approximate surface area is 373 Å². The van der Waals surface area contributed by atoms with Crippen LogP contribution in [0.25, 0.3) is 99.1 Å². The number of hydrogen-bond acceptors (Lipinski definition) is 0. The summed E-state index contributed by atoms with van der Waals surface area (Å²) in [6.07, 6.45) is 0. The molecule has 0 unspecified atom stereocenters. The Hall–Kier alpha value is -7.80. The summed E-state index contributed by atoms with van der Waals surface area (Å²) in [6.45, 7) is 4.80. The van der Waals surface area contributed by atoms with Crippen LogP contribution in [-0.2, 0) is 10.8 Å². The summed E-state index contributed by atoms with van der Waals surface area (Å²) in [5, 5.41) is 7.70. The van der Waals surface area contributed by atoms with Crippen LogP contribution in [0.1, 0.15) is 47.2 Å². The van der Waals surface area contributed by atoms with Gasteiger partial charge in [-0.2, -0.15) is 0 Å². The van der Waals surface area contributed by atoms with Crippen molar-refractivity contribution >= 4 is 32.3 Å². The maximum atomic E-state index is 2.54. The molecule has 0 saturated heterocycles. The third kappa shape index (κ3) is 4.52. The van der Waals surface area contributed by atoms with E-state index in [-0.39, 0.29) is 5.41 Å². The van der Waals surface area contributed by atoms with Crippen LogP contribution in [0.3, 0.4) is 0 Å². The monoisotopic (exact) mass is 810 g/mol. The lowest BCUT2D eigenvalue weighted by Crippen LogP contribution is -2.25. The largest absolute Gasteiger partial charge is 0.0725 e. The van der Waals surface area contributed by atoms with Crippen LogP contribution in [0.2, 0.25) is 0 Å². The molecule has 0 fully saturated rings. The zero-order valence-corrected chi connectivity index (χ0v) is 35.8. The lowest BCUT2D eigenvalue weighted by molar-refractivity contribution is 0.666. The minimum Gasteiger partial charge on any atom is -0.0619 e. The Bertz CT molecular complexity index is 3700. The normalized spacial score (nSPS) is 14.3. The van der Waals surface area contributed by atoms with Crippen molar-refractivity contribution < 1.29 is 0 Å². The van der Waals surface area contributed by atoms with Crippen LogP contribution in [0.4, 0.5) is 0 Å². The smallest absolute Gasteiger partial charge is 0.0619 e. The fourth-order valence-electron chi connectivity index (χ4n) is 12.7. The van der Waals surface area contributed by atoms with Crippen LogP contribution in [0.5, 0.6) is 0 Å². The number of hydrogen-bond donors (Lipinski definition) is 0. The first-order valence-electron chi connectivity index (χ1n) is 22.7. The summed E-state index contributed by atoms with van der Waals surface area (Å²) in [7, 11) is 0. The zero-order valence-electron chi connectivity index (χ0n) is 35.8. The molecular formula is C64H42. The SMILES string of the molecule is CC1(C)c2cccc(-c3cccc(-c4c5ccccc5c(-c5ccc6c(c5)C5(c7ccccc7-c7ccccc75)c5ccccc5-6)c5ccccc45)c3)c2-c2ccc3ccccc3c21. The maximum Gasteiger partial charge on any atom is 0.0725 e. The quantitative estimate of drug-likeness (QED) is 0.156. The molecule has 0 radical (unpaired) electrons. The van der Waals surface area contributed by atoms with Gasteiger partial charge < -0.3 is 0 Å². The first-order chi connectivity index (χ1) is 31.5. The highest BCUT2D eigenvalue weighted by Gasteiger charge is 2.51. The number of benzene rings is 11. The van der Waals surface area contributed by atoms with E-state index in [1.165, 1.54) is 132 Å². The highest BCUT2D eigenvalue weighted by atomic mass is 14.5. The Morgan fingerprint density at radius 2 is 0.703 bits per heavy atom. The Kier molecular flexibility index (Phi) is 7.20. The van der Waals surface area contributed by atoms with Gasteiger partial charge in [0.25, 0.3) is 0 Å². The summed E-state index contributed by atoms with van der Waals surface area (Å²) in [4.78, 5) is 0. The van der Waals surface area contributed by atoms with E-state index >= 15 is 0 Å². The molecule has 1 spiro atoms. The van der Waals surface area contributed by atoms with E-state index < -0.39 is 5.41 Å². The molecule has 11 aromatic carbocycles. The van der Waals surface area contributed by atoms with Gasteiger partial charge in [0, 0.05) is 5.41 Å². The molecule has 0 nitrogen and oxygen atoms in total. The molecule has 298 valence electrons. The van der Waals surface area contributed by atoms with Gasteiger partial charge in [-0.1, -0.05) is 220 Å². The van der Waals surface area contributed by atoms with Crippen LogP contribution in [0.15, 0.2) is 218 Å². The maximum absolute atomic E-state index is 2.54. The van der Waals surface area contributed by atoms with Gasteiger partial charge in [0.1, 0.15) is 0 Å². The van der Waals surface area contributed by atoms with Gasteiger partial charge in [0.2, 0.25) is 0 Å². The van der Waals surface area contributed by atoms with E-state index in [1.807, 2.05) is 0 Å². The van der Waals surface area contributed by atoms with Gasteiger partial charge >= 0.3 is 0 Å². The molecule has 3 aliphatic carbocycles. The zero-order chi connectivity index (χ0) is 42.3. The van der Waals surface area contributed by atoms with Gasteiger partial charge in [0.05, 0.1) is 5.41 Å². The van der Waals surface area contributed by atoms with Gasteiger partial charge in [-0.15, -0.1) is 0 Å². The van der Waals surface area contributed by atoms with Crippen LogP contribution in [0, 0.1) is 0 Å². The van der Waals surface area contributed by atoms with Crippen molar-refractivity contribution in [2.45, 2.75) is 24.7 Å². The van der Waals surface area contributed by atoms with E-state index in [0.29, 0.717) is 0 Å². The third-order valence-electron chi connectivity index (χ3n) is 15.2. The summed E-state index contributed by atoms with van der Waals surface area (Å²) >= 11 is 0. The molecule has 0 aliphatic heterocycles. The molecule has 0 aromatic heterocycles. The van der Waals surface area contributed by atoms with Crippen molar-refractivity contribution in [3.63, 3.8) is 0 Å². The molecular weight excluding hydrogens is 769 g/mol. The lowest BCUT2D eigenvalue weighted by atomic mass is 9.70. The van der Waals surface area contributed by atoms with Crippen molar-refractivity contribution in [1.82, 2.24) is 0 Å². The average molecular weight is 811 g/mol. The predicted molar refractivity (Wildman–Crippen MR) is 269 cm³/mol. The molecule has 0 amide bonds. The van der Waals surface area contributed by atoms with Crippen molar-refractivity contribution in [2.75, 3.05) is 0 Å². The molecule has 0 heterocycles. The van der Waals surface area contributed by atoms with Crippen LogP contribution < -0.4 is 0 Å². The second-order valence-corrected chi connectivity index (χ2v) is 18.6. The lowest BCUT2D eigenvalue weighted by Gasteiger charge is -2.30. The molecule has 14 rings (SSSR count). The van der Waals surface area contributed by atoms with Crippen molar-refractivity contribution in [3.8, 4) is 66.8 Å². The second-order valence-electron chi connectivity index (χ2n) is 18.6. The van der Waals surface area contributed by atoms with Crippen molar-refractivity contribution in [1.29, 1.82) is 0 Å². The Balaban J connectivity index is 0.988. The fourth-order valence-corrected chi connectivity index (χ4v) is 12.7. The average Bonchev–Trinajstić information content (AvgIpc) is 3.91. The standard InChI is InChI=1S/C64H42/c1-63(2)57-32-16-28-43(61(57)53-36-33-39-17-3-4-20-44(39)62(53)63)40-18-15-19-41(37-40)59-49-24-5-7-26-51(49)60(52-27-8-6-25-50(52)59)42-34-35-48-47-23-11-14-31-56(47)64(58(48)38-42)54-29-12-9-21-45(54)46-22-10-13-30-55(46)64/h3-38H,1-2H3. The second kappa shape index (κ2) is 12.9. The summed E-state index contributed by atoms with van der Waals surface area (Å²) < 4.78 is 0. The highest BCUT2D eigenvalue weighted by molar-refractivity contribution is 6.22. The van der Waals surface area contributed by atoms with Crippen molar-refractivity contribution in [3.05, 3.63) is 252 Å². The van der Waals surface area contributed by atoms with Crippen LogP contribution >= 0.6 is 0 Å². The highest BCUT2D eigenvalue weighted by Crippen LogP contribution is 2.63. The van der Waals surface area contributed by atoms with Crippen LogP contribution in [-0.4, -0.2) is 0 Å². The molecule has 0 N–H and O–H groups in total. The first kappa shape index (κ1) is 35.8. The van der Waals surface area contributed by atoms with E-state index in [2.05, 4.69) is 232 Å². The number of fused-ring (bicyclic) bond motifs is 17. The Morgan fingerprint density at radius 1 is 0.266 bits per heavy atom. The summed E-state index contributed by atoms with van der Waals surface area (Å²) in [5.74, 6) is 0. The molecule has 0 saturated carbocycles. The predicted octanol–water partition coefficient (Wildman–Crippen LogP) is 16.8. The minimum absolute atomic E-state index is 0.119. The molecule has 64 heavy (non-hydrogen) atoms. The van der Waals surface area contributed by atoms with Gasteiger partial charge in [0.15, 0.2) is 0 Å². The van der Waals surface area contributed by atoms with E-state index in [9.17, 15) is 0 Å². The van der Waals surface area contributed by atoms with Gasteiger partial charge in [-0.25, -0.2) is 0 Å².